The van der Waals surface area contributed by atoms with Gasteiger partial charge < -0.3 is 11.1 Å². The van der Waals surface area contributed by atoms with Crippen molar-refractivity contribution < 1.29 is 9.59 Å². The second kappa shape index (κ2) is 6.82. The number of primary amides is 1. The van der Waals surface area contributed by atoms with Gasteiger partial charge in [-0.2, -0.15) is 0 Å². The monoisotopic (exact) mass is 313 g/mol. The molecule has 0 saturated carbocycles. The molecule has 5 nitrogen and oxygen atoms in total. The number of anilines is 1. The number of hydrogen-bond acceptors (Lipinski definition) is 3. The zero-order valence-corrected chi connectivity index (χ0v) is 12.7. The second-order valence-corrected chi connectivity index (χ2v) is 5.07. The summed E-state index contributed by atoms with van der Waals surface area (Å²) in [7, 11) is 0. The Labute approximate surface area is 133 Å². The number of carbonyl (C=O) groups is 2. The lowest BCUT2D eigenvalue weighted by atomic mass is 10.1. The van der Waals surface area contributed by atoms with Gasteiger partial charge in [-0.25, -0.2) is 0 Å². The molecule has 0 bridgehead atoms. The quantitative estimate of drug-likeness (QED) is 0.759. The van der Waals surface area contributed by atoms with Crippen LogP contribution < -0.4 is 16.4 Å². The first-order valence-corrected chi connectivity index (χ1v) is 6.96. The average Bonchev–Trinajstić information content (AvgIpc) is 2.48. The number of nitrogens with one attached hydrogen (secondary N) is 2. The summed E-state index contributed by atoms with van der Waals surface area (Å²) in [6, 6.07) is 13.7. The van der Waals surface area contributed by atoms with Crippen molar-refractivity contribution in [2.24, 2.45) is 5.73 Å². The molecule has 4 N–H and O–H groups in total. The first-order valence-electron chi connectivity index (χ1n) is 6.55. The van der Waals surface area contributed by atoms with Gasteiger partial charge in [-0.1, -0.05) is 18.2 Å². The SMILES string of the molecule is Cc1ccccc1C(=O)NC(=S)Nc1ccc(C(N)=O)cc1. The fourth-order valence-electron chi connectivity index (χ4n) is 1.88. The van der Waals surface area contributed by atoms with E-state index in [9.17, 15) is 9.59 Å². The number of rotatable bonds is 3. The topological polar surface area (TPSA) is 84.2 Å². The number of benzene rings is 2. The Balaban J connectivity index is 1.99. The molecule has 0 atom stereocenters. The van der Waals surface area contributed by atoms with Gasteiger partial charge in [0.15, 0.2) is 5.11 Å². The summed E-state index contributed by atoms with van der Waals surface area (Å²) >= 11 is 5.11. The molecule has 2 aromatic rings. The molecule has 0 saturated heterocycles. The Bertz CT molecular complexity index is 726. The van der Waals surface area contributed by atoms with Crippen molar-refractivity contribution in [2.75, 3.05) is 5.32 Å². The molecule has 0 spiro atoms. The van der Waals surface area contributed by atoms with Crippen LogP contribution >= 0.6 is 12.2 Å². The Hall–Kier alpha value is -2.73. The summed E-state index contributed by atoms with van der Waals surface area (Å²) in [6.45, 7) is 1.86. The predicted octanol–water partition coefficient (Wildman–Crippen LogP) is 2.22. The molecule has 0 unspecified atom stereocenters. The molecule has 0 heterocycles. The minimum Gasteiger partial charge on any atom is -0.366 e. The van der Waals surface area contributed by atoms with Crippen LogP contribution in [-0.2, 0) is 0 Å². The molecule has 2 rings (SSSR count). The van der Waals surface area contributed by atoms with Crippen LogP contribution in [0.25, 0.3) is 0 Å². The molecule has 0 aliphatic rings. The van der Waals surface area contributed by atoms with Crippen LogP contribution in [0.4, 0.5) is 5.69 Å². The molecular formula is C16H15N3O2S. The van der Waals surface area contributed by atoms with Crippen molar-refractivity contribution in [1.29, 1.82) is 0 Å². The maximum Gasteiger partial charge on any atom is 0.257 e. The van der Waals surface area contributed by atoms with Gasteiger partial charge in [-0.3, -0.25) is 14.9 Å². The summed E-state index contributed by atoms with van der Waals surface area (Å²) in [5.74, 6) is -0.772. The predicted molar refractivity (Wildman–Crippen MR) is 89.8 cm³/mol. The molecule has 22 heavy (non-hydrogen) atoms. The minimum atomic E-state index is -0.498. The number of nitrogens with two attached hydrogens (primary N) is 1. The second-order valence-electron chi connectivity index (χ2n) is 4.66. The molecule has 2 aromatic carbocycles. The van der Waals surface area contributed by atoms with E-state index in [1.54, 1.807) is 36.4 Å². The third kappa shape index (κ3) is 3.89. The largest absolute Gasteiger partial charge is 0.366 e. The normalized spacial score (nSPS) is 9.86. The van der Waals surface area contributed by atoms with E-state index < -0.39 is 5.91 Å². The summed E-state index contributed by atoms with van der Waals surface area (Å²) < 4.78 is 0. The standard InChI is InChI=1S/C16H15N3O2S/c1-10-4-2-3-5-13(10)15(21)19-16(22)18-12-8-6-11(7-9-12)14(17)20/h2-9H,1H3,(H2,17,20)(H2,18,19,21,22). The maximum absolute atomic E-state index is 12.1. The highest BCUT2D eigenvalue weighted by Gasteiger charge is 2.10. The third-order valence-corrected chi connectivity index (χ3v) is 3.25. The Morgan fingerprint density at radius 3 is 2.27 bits per heavy atom. The Morgan fingerprint density at radius 2 is 1.68 bits per heavy atom. The van der Waals surface area contributed by atoms with E-state index in [-0.39, 0.29) is 11.0 Å². The number of hydrogen-bond donors (Lipinski definition) is 3. The van der Waals surface area contributed by atoms with Gasteiger partial charge in [0.25, 0.3) is 5.91 Å². The molecular weight excluding hydrogens is 298 g/mol. The number of carbonyl (C=O) groups excluding carboxylic acids is 2. The van der Waals surface area contributed by atoms with E-state index in [1.807, 2.05) is 19.1 Å². The van der Waals surface area contributed by atoms with Gasteiger partial charge in [0.2, 0.25) is 5.91 Å². The highest BCUT2D eigenvalue weighted by atomic mass is 32.1. The molecule has 0 fully saturated rings. The lowest BCUT2D eigenvalue weighted by Gasteiger charge is -2.11. The van der Waals surface area contributed by atoms with Crippen LogP contribution in [-0.4, -0.2) is 16.9 Å². The molecule has 2 amide bonds. The minimum absolute atomic E-state index is 0.181. The zero-order valence-electron chi connectivity index (χ0n) is 11.9. The van der Waals surface area contributed by atoms with Gasteiger partial charge in [0.05, 0.1) is 0 Å². The van der Waals surface area contributed by atoms with Crippen LogP contribution in [0, 0.1) is 6.92 Å². The smallest absolute Gasteiger partial charge is 0.257 e. The first-order chi connectivity index (χ1) is 10.5. The number of thiocarbonyl (C=S) groups is 1. The van der Waals surface area contributed by atoms with E-state index >= 15 is 0 Å². The van der Waals surface area contributed by atoms with E-state index in [1.165, 1.54) is 0 Å². The maximum atomic E-state index is 12.1. The summed E-state index contributed by atoms with van der Waals surface area (Å²) in [6.07, 6.45) is 0. The fraction of sp³-hybridized carbons (Fsp3) is 0.0625. The highest BCUT2D eigenvalue weighted by Crippen LogP contribution is 2.10. The molecule has 0 radical (unpaired) electrons. The van der Waals surface area contributed by atoms with Crippen molar-refractivity contribution in [3.05, 3.63) is 65.2 Å². The van der Waals surface area contributed by atoms with Crippen LogP contribution in [0.2, 0.25) is 0 Å². The van der Waals surface area contributed by atoms with Crippen LogP contribution in [0.15, 0.2) is 48.5 Å². The van der Waals surface area contributed by atoms with Gasteiger partial charge in [0.1, 0.15) is 0 Å². The summed E-state index contributed by atoms with van der Waals surface area (Å²) in [5.41, 5.74) is 7.66. The van der Waals surface area contributed by atoms with E-state index in [4.69, 9.17) is 18.0 Å². The lowest BCUT2D eigenvalue weighted by Crippen LogP contribution is -2.34. The molecule has 112 valence electrons. The van der Waals surface area contributed by atoms with E-state index in [2.05, 4.69) is 10.6 Å². The Kier molecular flexibility index (Phi) is 4.85. The highest BCUT2D eigenvalue weighted by molar-refractivity contribution is 7.80. The van der Waals surface area contributed by atoms with Crippen molar-refractivity contribution in [1.82, 2.24) is 5.32 Å². The van der Waals surface area contributed by atoms with Gasteiger partial charge in [-0.15, -0.1) is 0 Å². The molecule has 0 aromatic heterocycles. The third-order valence-electron chi connectivity index (χ3n) is 3.04. The van der Waals surface area contributed by atoms with Crippen LogP contribution in [0.1, 0.15) is 26.3 Å². The molecule has 0 aliphatic heterocycles. The van der Waals surface area contributed by atoms with Gasteiger partial charge in [0, 0.05) is 16.8 Å². The van der Waals surface area contributed by atoms with Crippen LogP contribution in [0.5, 0.6) is 0 Å². The Morgan fingerprint density at radius 1 is 1.05 bits per heavy atom. The average molecular weight is 313 g/mol. The van der Waals surface area contributed by atoms with Crippen molar-refractivity contribution in [2.45, 2.75) is 6.92 Å². The summed E-state index contributed by atoms with van der Waals surface area (Å²) in [4.78, 5) is 23.1. The fourth-order valence-corrected chi connectivity index (χ4v) is 2.09. The van der Waals surface area contributed by atoms with E-state index in [0.29, 0.717) is 16.8 Å². The van der Waals surface area contributed by atoms with Gasteiger partial charge >= 0.3 is 0 Å². The zero-order chi connectivity index (χ0) is 16.1. The van der Waals surface area contributed by atoms with Crippen molar-refractivity contribution in [3.8, 4) is 0 Å². The lowest BCUT2D eigenvalue weighted by molar-refractivity contribution is 0.0974. The van der Waals surface area contributed by atoms with Gasteiger partial charge in [-0.05, 0) is 55.0 Å². The number of aryl methyl sites for hydroxylation is 1. The van der Waals surface area contributed by atoms with Crippen molar-refractivity contribution in [3.63, 3.8) is 0 Å². The van der Waals surface area contributed by atoms with E-state index in [0.717, 1.165) is 5.56 Å². The number of amides is 2. The first kappa shape index (κ1) is 15.7. The van der Waals surface area contributed by atoms with Crippen LogP contribution in [0.3, 0.4) is 0 Å². The molecule has 6 heteroatoms. The van der Waals surface area contributed by atoms with Crippen molar-refractivity contribution >= 4 is 34.8 Å². The molecule has 0 aliphatic carbocycles. The summed E-state index contributed by atoms with van der Waals surface area (Å²) in [5, 5.41) is 5.67.